The molecule has 0 fully saturated rings. The fourth-order valence-electron chi connectivity index (χ4n) is 6.83. The quantitative estimate of drug-likeness (QED) is 0.0514. The number of anilines is 6. The van der Waals surface area contributed by atoms with E-state index in [0.29, 0.717) is 0 Å². The van der Waals surface area contributed by atoms with Crippen LogP contribution in [-0.4, -0.2) is 84.9 Å². The zero-order valence-electron chi connectivity index (χ0n) is 35.7. The average Bonchev–Trinajstić information content (AvgIpc) is 3.30. The van der Waals surface area contributed by atoms with Gasteiger partial charge in [-0.3, -0.25) is 54.5 Å². The maximum Gasteiger partial charge on any atom is 0.296 e. The molecular weight excluding hydrogens is 987 g/mol. The molecule has 4 aliphatic carbocycles. The van der Waals surface area contributed by atoms with E-state index >= 15 is 0 Å². The molecule has 0 aromatic heterocycles. The summed E-state index contributed by atoms with van der Waals surface area (Å²) in [6, 6.07) is 17.2. The van der Waals surface area contributed by atoms with Crippen LogP contribution in [0.15, 0.2) is 162 Å². The molecule has 0 saturated heterocycles. The number of rotatable bonds is 13. The van der Waals surface area contributed by atoms with E-state index < -0.39 is 79.6 Å². The van der Waals surface area contributed by atoms with Gasteiger partial charge < -0.3 is 16.8 Å². The minimum Gasteiger partial charge on any atom is -0.399 e. The van der Waals surface area contributed by atoms with Gasteiger partial charge in [0.25, 0.3) is 30.4 Å². The molecule has 0 unspecified atom stereocenters. The Hall–Kier alpha value is -8.99. The van der Waals surface area contributed by atoms with E-state index in [1.54, 1.807) is 0 Å². The second-order valence-electron chi connectivity index (χ2n) is 15.2. The summed E-state index contributed by atoms with van der Waals surface area (Å²) >= 11 is 0. The smallest absolute Gasteiger partial charge is 0.296 e. The molecule has 360 valence electrons. The molecule has 0 spiro atoms. The number of benzene rings is 4. The molecule has 4 aliphatic rings. The monoisotopic (exact) mass is 1020 g/mol. The van der Waals surface area contributed by atoms with Crippen molar-refractivity contribution in [3.8, 4) is 0 Å². The van der Waals surface area contributed by atoms with E-state index in [1.165, 1.54) is 103 Å². The number of nitrogens with zero attached hydrogens (tertiary/aromatic N) is 4. The van der Waals surface area contributed by atoms with Gasteiger partial charge in [-0.05, 0) is 114 Å². The molecule has 0 heterocycles. The van der Waals surface area contributed by atoms with Crippen molar-refractivity contribution < 1.29 is 58.1 Å². The van der Waals surface area contributed by atoms with E-state index in [4.69, 9.17) is 11.5 Å². The van der Waals surface area contributed by atoms with Crippen LogP contribution in [0.3, 0.4) is 0 Å². The minimum atomic E-state index is -5.07. The van der Waals surface area contributed by atoms with Crippen LogP contribution in [0.5, 0.6) is 0 Å². The maximum absolute atomic E-state index is 13.7. The fourth-order valence-corrected chi connectivity index (χ4v) is 8.82. The summed E-state index contributed by atoms with van der Waals surface area (Å²) in [6.45, 7) is 0. The summed E-state index contributed by atoms with van der Waals surface area (Å²) in [4.78, 5) is 49.4. The molecule has 71 heavy (non-hydrogen) atoms. The number of carbonyl (C=O) groups excluding carboxylic acids is 4. The van der Waals surface area contributed by atoms with Crippen LogP contribution in [0.2, 0.25) is 0 Å². The number of hydrogen-bond acceptors (Lipinski definition) is 21. The molecule has 0 amide bonds. The first kappa shape index (κ1) is 48.5. The van der Waals surface area contributed by atoms with Gasteiger partial charge in [-0.15, -0.1) is 0 Å². The van der Waals surface area contributed by atoms with E-state index in [9.17, 15) is 58.1 Å². The molecule has 8 rings (SSSR count). The van der Waals surface area contributed by atoms with Crippen molar-refractivity contribution >= 4 is 123 Å². The number of allylic oxidation sites excluding steroid dienone is 8. The number of carbonyl (C=O) groups is 4. The fraction of sp³-hybridized carbons (Fsp3) is 0. The van der Waals surface area contributed by atoms with Crippen molar-refractivity contribution in [2.75, 3.05) is 27.0 Å². The van der Waals surface area contributed by atoms with Crippen molar-refractivity contribution in [3.63, 3.8) is 0 Å². The molecule has 0 radical (unpaired) electrons. The zero-order chi connectivity index (χ0) is 51.0. The zero-order valence-corrected chi connectivity index (χ0v) is 38.2. The Morgan fingerprint density at radius 3 is 1.27 bits per heavy atom. The van der Waals surface area contributed by atoms with E-state index in [1.807, 2.05) is 0 Å². The van der Waals surface area contributed by atoms with Crippen LogP contribution in [0, 0.1) is 0 Å². The Morgan fingerprint density at radius 2 is 0.831 bits per heavy atom. The van der Waals surface area contributed by atoms with Crippen molar-refractivity contribution in [3.05, 3.63) is 159 Å². The lowest BCUT2D eigenvalue weighted by atomic mass is 9.94. The molecule has 24 nitrogen and oxygen atoms in total. The lowest BCUT2D eigenvalue weighted by Gasteiger charge is -2.17. The highest BCUT2D eigenvalue weighted by Gasteiger charge is 2.35. The van der Waals surface area contributed by atoms with Crippen LogP contribution in [0.25, 0.3) is 12.2 Å². The van der Waals surface area contributed by atoms with Gasteiger partial charge in [-0.1, -0.05) is 12.1 Å². The van der Waals surface area contributed by atoms with Crippen molar-refractivity contribution in [2.45, 2.75) is 4.90 Å². The first-order valence-corrected chi connectivity index (χ1v) is 24.3. The number of hydrogen-bond donors (Lipinski definition) is 10. The second kappa shape index (κ2) is 18.8. The summed E-state index contributed by atoms with van der Waals surface area (Å²) in [5, 5.41) is 18.7. The molecule has 4 aromatic rings. The topological polar surface area (TPSA) is 393 Å². The highest BCUT2D eigenvalue weighted by atomic mass is 32.2. The predicted molar refractivity (Wildman–Crippen MR) is 264 cm³/mol. The standard InChI is InChI=1S/C44H33N11O13S3/c45-24-3-12-33(36(56)17-24)52-49-28-5-1-22-15-39(70(63,64)65)41(43(58)31(22)19-28)54-48-27-9-7-26(8-10-27)47-35-14-11-30(21-38(35)69(60,61)62)51-55-42-40(71(66,67)68)16-23-2-6-29(20-32(23)44(42)59)50-53-34-13-4-25(46)18-37(34)57/h1-21,47-51H,45-46H2,(H,60,61,62)(H,63,64,65)(H,66,67,68)/b52-33+,53-34+,54-41+,55-42+. The number of nitrogens with two attached hydrogens (primary N) is 2. The molecule has 12 N–H and O–H groups in total. The third-order valence-corrected chi connectivity index (χ3v) is 12.8. The minimum absolute atomic E-state index is 0.00344. The number of ketones is 4. The molecule has 0 aliphatic heterocycles. The summed E-state index contributed by atoms with van der Waals surface area (Å²) in [7, 11) is -15.1. The Morgan fingerprint density at radius 1 is 0.437 bits per heavy atom. The SMILES string of the molecule is NC1=CC(=O)/C(=N/Nc2ccc3c(c2)C(=O)/C(=N/Nc2ccc(Nc4ccc(N/N=C5/C(=O)c6cc(N/N=C7\C=CC(N)=CC7=O)ccc6C=C5S(=O)(=O)O)cc4S(=O)(=O)O)cc2)C(S(=O)(=O)O)=C3)C=C1. The lowest BCUT2D eigenvalue weighted by Crippen LogP contribution is -2.27. The molecular formula is C44H33N11O13S3. The summed E-state index contributed by atoms with van der Waals surface area (Å²) < 4.78 is 105. The van der Waals surface area contributed by atoms with Crippen LogP contribution in [0.4, 0.5) is 34.1 Å². The second-order valence-corrected chi connectivity index (χ2v) is 19.3. The van der Waals surface area contributed by atoms with Gasteiger partial charge in [0, 0.05) is 40.4 Å². The van der Waals surface area contributed by atoms with Gasteiger partial charge in [0.2, 0.25) is 23.1 Å². The molecule has 0 atom stereocenters. The maximum atomic E-state index is 13.7. The third kappa shape index (κ3) is 10.8. The number of nitrogens with one attached hydrogen (secondary N) is 5. The predicted octanol–water partition coefficient (Wildman–Crippen LogP) is 3.96. The third-order valence-electron chi connectivity index (χ3n) is 10.2. The van der Waals surface area contributed by atoms with Gasteiger partial charge in [-0.25, -0.2) is 0 Å². The van der Waals surface area contributed by atoms with Crippen LogP contribution < -0.4 is 38.5 Å². The highest BCUT2D eigenvalue weighted by molar-refractivity contribution is 7.91. The number of hydrazone groups is 4. The first-order valence-electron chi connectivity index (χ1n) is 20.0. The van der Waals surface area contributed by atoms with E-state index in [-0.39, 0.29) is 79.2 Å². The van der Waals surface area contributed by atoms with E-state index in [0.717, 1.165) is 24.3 Å². The van der Waals surface area contributed by atoms with Crippen LogP contribution in [-0.2, 0) is 39.9 Å². The Balaban J connectivity index is 0.986. The highest BCUT2D eigenvalue weighted by Crippen LogP contribution is 2.32. The van der Waals surface area contributed by atoms with Gasteiger partial charge in [-0.2, -0.15) is 45.7 Å². The van der Waals surface area contributed by atoms with Crippen LogP contribution in [0.1, 0.15) is 31.8 Å². The van der Waals surface area contributed by atoms with Gasteiger partial charge in [0.15, 0.2) is 11.4 Å². The average molecular weight is 1020 g/mol. The molecule has 27 heteroatoms. The molecule has 0 bridgehead atoms. The lowest BCUT2D eigenvalue weighted by molar-refractivity contribution is -0.109. The summed E-state index contributed by atoms with van der Waals surface area (Å²) in [5.74, 6) is -2.84. The molecule has 4 aromatic carbocycles. The van der Waals surface area contributed by atoms with Gasteiger partial charge in [0.05, 0.1) is 28.4 Å². The van der Waals surface area contributed by atoms with Gasteiger partial charge >= 0.3 is 0 Å². The first-order chi connectivity index (χ1) is 33.5. The number of Topliss-reactive ketones (excluding diaryl/α,β-unsaturated/α-hetero) is 2. The van der Waals surface area contributed by atoms with Crippen molar-refractivity contribution in [2.24, 2.45) is 31.9 Å². The van der Waals surface area contributed by atoms with Gasteiger partial charge in [0.1, 0.15) is 26.1 Å². The normalized spacial score (nSPS) is 18.1. The largest absolute Gasteiger partial charge is 0.399 e. The Labute approximate surface area is 401 Å². The van der Waals surface area contributed by atoms with E-state index in [2.05, 4.69) is 47.4 Å². The van der Waals surface area contributed by atoms with Crippen molar-refractivity contribution in [1.82, 2.24) is 0 Å². The summed E-state index contributed by atoms with van der Waals surface area (Å²) in [6.07, 6.45) is 10.1. The Bertz CT molecular complexity index is 3740. The summed E-state index contributed by atoms with van der Waals surface area (Å²) in [5.41, 5.74) is 21.1. The van der Waals surface area contributed by atoms with Crippen molar-refractivity contribution in [1.29, 1.82) is 0 Å². The molecule has 0 saturated carbocycles. The number of fused-ring (bicyclic) bond motifs is 2. The van der Waals surface area contributed by atoms with Crippen LogP contribution >= 0.6 is 0 Å². The Kier molecular flexibility index (Phi) is 12.9.